The molecule has 0 aliphatic carbocycles. The molecular formula is C21H13BrClN3. The zero-order valence-corrected chi connectivity index (χ0v) is 15.9. The maximum Gasteiger partial charge on any atom is 0.165 e. The number of hydrogen-bond donors (Lipinski definition) is 0. The van der Waals surface area contributed by atoms with Crippen molar-refractivity contribution in [3.05, 3.63) is 88.4 Å². The number of rotatable bonds is 3. The molecule has 0 aliphatic rings. The summed E-state index contributed by atoms with van der Waals surface area (Å²) in [6.07, 6.45) is 0. The van der Waals surface area contributed by atoms with Crippen LogP contribution in [-0.2, 0) is 0 Å². The van der Waals surface area contributed by atoms with Gasteiger partial charge in [0.25, 0.3) is 0 Å². The Hall–Kier alpha value is -2.56. The molecule has 1 aromatic heterocycles. The highest BCUT2D eigenvalue weighted by molar-refractivity contribution is 9.10. The second kappa shape index (κ2) is 7.36. The van der Waals surface area contributed by atoms with Crippen LogP contribution in [0.2, 0.25) is 5.02 Å². The van der Waals surface area contributed by atoms with Crippen molar-refractivity contribution >= 4 is 27.5 Å². The Bertz CT molecular complexity index is 1000. The van der Waals surface area contributed by atoms with Gasteiger partial charge in [-0.15, -0.1) is 0 Å². The molecule has 0 spiro atoms. The highest BCUT2D eigenvalue weighted by Gasteiger charge is 2.14. The van der Waals surface area contributed by atoms with E-state index in [1.807, 2.05) is 78.9 Å². The first-order valence-corrected chi connectivity index (χ1v) is 9.21. The van der Waals surface area contributed by atoms with Gasteiger partial charge in [0.1, 0.15) is 0 Å². The van der Waals surface area contributed by atoms with Crippen LogP contribution in [-0.4, -0.2) is 15.0 Å². The van der Waals surface area contributed by atoms with Gasteiger partial charge < -0.3 is 0 Å². The molecule has 0 unspecified atom stereocenters. The number of benzene rings is 3. The van der Waals surface area contributed by atoms with Gasteiger partial charge in [0.05, 0.1) is 5.02 Å². The van der Waals surface area contributed by atoms with E-state index in [1.54, 1.807) is 0 Å². The molecule has 3 aromatic carbocycles. The summed E-state index contributed by atoms with van der Waals surface area (Å²) in [4.78, 5) is 14.0. The van der Waals surface area contributed by atoms with Crippen molar-refractivity contribution in [2.75, 3.05) is 0 Å². The van der Waals surface area contributed by atoms with Crippen molar-refractivity contribution in [1.29, 1.82) is 0 Å². The third kappa shape index (κ3) is 3.39. The largest absolute Gasteiger partial charge is 0.208 e. The zero-order valence-electron chi connectivity index (χ0n) is 13.6. The van der Waals surface area contributed by atoms with Crippen LogP contribution in [0.25, 0.3) is 34.2 Å². The van der Waals surface area contributed by atoms with Gasteiger partial charge in [0.15, 0.2) is 17.5 Å². The van der Waals surface area contributed by atoms with E-state index in [0.717, 1.165) is 21.2 Å². The van der Waals surface area contributed by atoms with E-state index < -0.39 is 0 Å². The lowest BCUT2D eigenvalue weighted by atomic mass is 10.1. The Morgan fingerprint density at radius 2 is 1.12 bits per heavy atom. The molecule has 0 radical (unpaired) electrons. The summed E-state index contributed by atoms with van der Waals surface area (Å²) in [7, 11) is 0. The Morgan fingerprint density at radius 3 is 1.81 bits per heavy atom. The molecule has 0 atom stereocenters. The van der Waals surface area contributed by atoms with E-state index in [9.17, 15) is 0 Å². The molecular weight excluding hydrogens is 410 g/mol. The Balaban J connectivity index is 1.97. The second-order valence-corrected chi connectivity index (χ2v) is 6.89. The van der Waals surface area contributed by atoms with Crippen molar-refractivity contribution in [2.24, 2.45) is 0 Å². The highest BCUT2D eigenvalue weighted by Crippen LogP contribution is 2.31. The normalized spacial score (nSPS) is 10.7. The fourth-order valence-electron chi connectivity index (χ4n) is 2.62. The smallest absolute Gasteiger partial charge is 0.165 e. The molecule has 4 aromatic rings. The van der Waals surface area contributed by atoms with Gasteiger partial charge in [0.2, 0.25) is 0 Å². The lowest BCUT2D eigenvalue weighted by Crippen LogP contribution is -2.00. The molecule has 126 valence electrons. The first-order chi connectivity index (χ1) is 12.7. The molecule has 5 heteroatoms. The van der Waals surface area contributed by atoms with Gasteiger partial charge in [0, 0.05) is 21.2 Å². The maximum absolute atomic E-state index is 6.38. The van der Waals surface area contributed by atoms with Gasteiger partial charge >= 0.3 is 0 Å². The molecule has 0 saturated carbocycles. The van der Waals surface area contributed by atoms with Crippen molar-refractivity contribution in [2.45, 2.75) is 0 Å². The van der Waals surface area contributed by atoms with E-state index in [0.29, 0.717) is 22.5 Å². The van der Waals surface area contributed by atoms with Crippen molar-refractivity contribution in [3.8, 4) is 34.2 Å². The molecule has 0 aliphatic heterocycles. The lowest BCUT2D eigenvalue weighted by Gasteiger charge is -2.10. The number of aromatic nitrogens is 3. The van der Waals surface area contributed by atoms with Crippen LogP contribution in [0.4, 0.5) is 0 Å². The van der Waals surface area contributed by atoms with Crippen LogP contribution in [0.3, 0.4) is 0 Å². The van der Waals surface area contributed by atoms with E-state index in [1.165, 1.54) is 0 Å². The van der Waals surface area contributed by atoms with Gasteiger partial charge in [-0.25, -0.2) is 15.0 Å². The minimum atomic E-state index is 0.551. The number of halogens is 2. The van der Waals surface area contributed by atoms with Crippen LogP contribution < -0.4 is 0 Å². The number of nitrogens with zero attached hydrogens (tertiary/aromatic N) is 3. The minimum Gasteiger partial charge on any atom is -0.208 e. The first kappa shape index (κ1) is 16.9. The molecule has 0 amide bonds. The van der Waals surface area contributed by atoms with Crippen LogP contribution in [0.1, 0.15) is 0 Å². The molecule has 1 heterocycles. The number of hydrogen-bond acceptors (Lipinski definition) is 3. The third-order valence-corrected chi connectivity index (χ3v) is 4.92. The fourth-order valence-corrected chi connectivity index (χ4v) is 3.30. The predicted octanol–water partition coefficient (Wildman–Crippen LogP) is 6.29. The van der Waals surface area contributed by atoms with E-state index >= 15 is 0 Å². The Labute approximate surface area is 164 Å². The molecule has 26 heavy (non-hydrogen) atoms. The van der Waals surface area contributed by atoms with Crippen molar-refractivity contribution in [3.63, 3.8) is 0 Å². The molecule has 3 nitrogen and oxygen atoms in total. The summed E-state index contributed by atoms with van der Waals surface area (Å²) in [5.74, 6) is 1.76. The molecule has 4 rings (SSSR count). The van der Waals surface area contributed by atoms with Crippen molar-refractivity contribution < 1.29 is 0 Å². The van der Waals surface area contributed by atoms with Crippen LogP contribution in [0, 0.1) is 0 Å². The predicted molar refractivity (Wildman–Crippen MR) is 109 cm³/mol. The van der Waals surface area contributed by atoms with Gasteiger partial charge in [-0.2, -0.15) is 0 Å². The average molecular weight is 423 g/mol. The quantitative estimate of drug-likeness (QED) is 0.389. The van der Waals surface area contributed by atoms with Gasteiger partial charge in [-0.05, 0) is 18.2 Å². The zero-order chi connectivity index (χ0) is 17.9. The SMILES string of the molecule is Clc1ccccc1-c1nc(-c2ccccc2)nc(-c2ccccc2Br)n1. The third-order valence-electron chi connectivity index (χ3n) is 3.90. The van der Waals surface area contributed by atoms with Crippen LogP contribution >= 0.6 is 27.5 Å². The molecule has 0 bridgehead atoms. The summed E-state index contributed by atoms with van der Waals surface area (Å²) in [6.45, 7) is 0. The maximum atomic E-state index is 6.38. The van der Waals surface area contributed by atoms with E-state index in [2.05, 4.69) is 25.9 Å². The standard InChI is InChI=1S/C21H13BrClN3/c22-17-12-6-4-10-15(17)20-24-19(14-8-2-1-3-9-14)25-21(26-20)16-11-5-7-13-18(16)23/h1-13H. The van der Waals surface area contributed by atoms with E-state index in [-0.39, 0.29) is 0 Å². The van der Waals surface area contributed by atoms with Gasteiger partial charge in [-0.3, -0.25) is 0 Å². The highest BCUT2D eigenvalue weighted by atomic mass is 79.9. The minimum absolute atomic E-state index is 0.551. The fraction of sp³-hybridized carbons (Fsp3) is 0. The molecule has 0 fully saturated rings. The Morgan fingerprint density at radius 1 is 0.577 bits per heavy atom. The van der Waals surface area contributed by atoms with Crippen molar-refractivity contribution in [1.82, 2.24) is 15.0 Å². The second-order valence-electron chi connectivity index (χ2n) is 5.63. The van der Waals surface area contributed by atoms with Crippen LogP contribution in [0.15, 0.2) is 83.3 Å². The summed E-state index contributed by atoms with van der Waals surface area (Å²) in [6, 6.07) is 25.3. The summed E-state index contributed by atoms with van der Waals surface area (Å²) >= 11 is 9.96. The topological polar surface area (TPSA) is 38.7 Å². The first-order valence-electron chi connectivity index (χ1n) is 8.03. The van der Waals surface area contributed by atoms with E-state index in [4.69, 9.17) is 16.6 Å². The summed E-state index contributed by atoms with van der Waals surface area (Å²) in [5, 5.41) is 0.607. The lowest BCUT2D eigenvalue weighted by molar-refractivity contribution is 1.07. The monoisotopic (exact) mass is 421 g/mol. The summed E-state index contributed by atoms with van der Waals surface area (Å²) in [5.41, 5.74) is 2.61. The molecule has 0 N–H and O–H groups in total. The summed E-state index contributed by atoms with van der Waals surface area (Å²) < 4.78 is 0.926. The average Bonchev–Trinajstić information content (AvgIpc) is 2.69. The Kier molecular flexibility index (Phi) is 4.78. The van der Waals surface area contributed by atoms with Crippen LogP contribution in [0.5, 0.6) is 0 Å². The van der Waals surface area contributed by atoms with Gasteiger partial charge in [-0.1, -0.05) is 88.2 Å². The molecule has 0 saturated heterocycles.